The second kappa shape index (κ2) is 6.29. The van der Waals surface area contributed by atoms with Crippen molar-refractivity contribution in [2.45, 2.75) is 6.42 Å². The minimum absolute atomic E-state index is 0.0187. The van der Waals surface area contributed by atoms with E-state index in [1.807, 2.05) is 6.07 Å². The van der Waals surface area contributed by atoms with Crippen LogP contribution in [0.15, 0.2) is 42.5 Å². The summed E-state index contributed by atoms with van der Waals surface area (Å²) in [5.41, 5.74) is 12.8. The van der Waals surface area contributed by atoms with E-state index in [0.29, 0.717) is 23.2 Å². The van der Waals surface area contributed by atoms with Gasteiger partial charge in [0, 0.05) is 12.0 Å². The van der Waals surface area contributed by atoms with Crippen molar-refractivity contribution in [2.24, 2.45) is 0 Å². The molecule has 0 aliphatic rings. The van der Waals surface area contributed by atoms with Gasteiger partial charge in [-0.1, -0.05) is 30.3 Å². The third-order valence-electron chi connectivity index (χ3n) is 3.41. The molecule has 0 saturated carbocycles. The molecule has 0 amide bonds. The van der Waals surface area contributed by atoms with Crippen LogP contribution < -0.4 is 16.8 Å². The number of benzene rings is 2. The molecule has 8 heteroatoms. The van der Waals surface area contributed by atoms with E-state index >= 15 is 0 Å². The Morgan fingerprint density at radius 1 is 0.833 bits per heavy atom. The molecule has 7 N–H and O–H groups in total. The summed E-state index contributed by atoms with van der Waals surface area (Å²) < 4.78 is 0. The SMILES string of the molecule is Nc1nc(N)nc(Nc2cccc(Cc3ccccc3O)c2O)n1. The summed E-state index contributed by atoms with van der Waals surface area (Å²) in [5, 5.41) is 23.2. The van der Waals surface area contributed by atoms with Crippen molar-refractivity contribution in [3.8, 4) is 11.5 Å². The molecule has 122 valence electrons. The molecule has 3 rings (SSSR count). The highest BCUT2D eigenvalue weighted by Crippen LogP contribution is 2.32. The third kappa shape index (κ3) is 3.27. The van der Waals surface area contributed by atoms with Crippen LogP contribution in [0.2, 0.25) is 0 Å². The van der Waals surface area contributed by atoms with Crippen molar-refractivity contribution >= 4 is 23.5 Å². The predicted octanol–water partition coefficient (Wildman–Crippen LogP) is 1.78. The van der Waals surface area contributed by atoms with Crippen molar-refractivity contribution in [2.75, 3.05) is 16.8 Å². The molecule has 0 fully saturated rings. The zero-order valence-corrected chi connectivity index (χ0v) is 12.6. The van der Waals surface area contributed by atoms with E-state index in [1.54, 1.807) is 36.4 Å². The highest BCUT2D eigenvalue weighted by molar-refractivity contribution is 5.65. The molecule has 0 radical (unpaired) electrons. The van der Waals surface area contributed by atoms with Crippen LogP contribution in [0.5, 0.6) is 11.5 Å². The van der Waals surface area contributed by atoms with Crippen LogP contribution in [0, 0.1) is 0 Å². The van der Waals surface area contributed by atoms with E-state index in [4.69, 9.17) is 11.5 Å². The summed E-state index contributed by atoms with van der Waals surface area (Å²) in [6.07, 6.45) is 0.371. The lowest BCUT2D eigenvalue weighted by Gasteiger charge is -2.12. The van der Waals surface area contributed by atoms with Crippen LogP contribution >= 0.6 is 0 Å². The Morgan fingerprint density at radius 2 is 1.50 bits per heavy atom. The molecule has 1 heterocycles. The summed E-state index contributed by atoms with van der Waals surface area (Å²) in [6.45, 7) is 0. The van der Waals surface area contributed by atoms with Crippen LogP contribution in [0.3, 0.4) is 0 Å². The van der Waals surface area contributed by atoms with E-state index < -0.39 is 0 Å². The molecule has 0 unspecified atom stereocenters. The molecule has 24 heavy (non-hydrogen) atoms. The van der Waals surface area contributed by atoms with E-state index in [2.05, 4.69) is 20.3 Å². The van der Waals surface area contributed by atoms with E-state index in [1.165, 1.54) is 0 Å². The number of phenolic OH excluding ortho intramolecular Hbond substituents is 2. The Balaban J connectivity index is 1.89. The topological polar surface area (TPSA) is 143 Å². The minimum Gasteiger partial charge on any atom is -0.508 e. The van der Waals surface area contributed by atoms with Gasteiger partial charge < -0.3 is 27.0 Å². The number of anilines is 4. The number of nitrogens with one attached hydrogen (secondary N) is 1. The quantitative estimate of drug-likeness (QED) is 0.457. The second-order valence-corrected chi connectivity index (χ2v) is 5.12. The maximum absolute atomic E-state index is 10.5. The molecular weight excluding hydrogens is 308 g/mol. The monoisotopic (exact) mass is 324 g/mol. The fourth-order valence-electron chi connectivity index (χ4n) is 2.29. The van der Waals surface area contributed by atoms with Crippen molar-refractivity contribution in [3.05, 3.63) is 53.6 Å². The molecule has 3 aromatic rings. The summed E-state index contributed by atoms with van der Waals surface area (Å²) in [5.74, 6) is 0.297. The van der Waals surface area contributed by atoms with E-state index in [9.17, 15) is 10.2 Å². The lowest BCUT2D eigenvalue weighted by Crippen LogP contribution is -2.06. The fourth-order valence-corrected chi connectivity index (χ4v) is 2.29. The normalized spacial score (nSPS) is 10.5. The van der Waals surface area contributed by atoms with Crippen LogP contribution in [-0.4, -0.2) is 25.2 Å². The number of phenols is 2. The minimum atomic E-state index is -0.0187. The molecule has 0 aliphatic carbocycles. The van der Waals surface area contributed by atoms with Gasteiger partial charge in [-0.05, 0) is 17.7 Å². The average Bonchev–Trinajstić information content (AvgIpc) is 2.52. The predicted molar refractivity (Wildman–Crippen MR) is 91.0 cm³/mol. The van der Waals surface area contributed by atoms with Gasteiger partial charge in [0.25, 0.3) is 0 Å². The number of rotatable bonds is 4. The fraction of sp³-hybridized carbons (Fsp3) is 0.0625. The van der Waals surface area contributed by atoms with Crippen LogP contribution in [0.25, 0.3) is 0 Å². The first kappa shape index (κ1) is 15.3. The van der Waals surface area contributed by atoms with Gasteiger partial charge in [0.05, 0.1) is 5.69 Å². The highest BCUT2D eigenvalue weighted by Gasteiger charge is 2.11. The molecule has 0 bridgehead atoms. The van der Waals surface area contributed by atoms with Crippen LogP contribution in [-0.2, 0) is 6.42 Å². The number of hydrogen-bond donors (Lipinski definition) is 5. The highest BCUT2D eigenvalue weighted by atomic mass is 16.3. The number of para-hydroxylation sites is 2. The first-order valence-electron chi connectivity index (χ1n) is 7.14. The smallest absolute Gasteiger partial charge is 0.233 e. The van der Waals surface area contributed by atoms with Gasteiger partial charge in [-0.15, -0.1) is 0 Å². The van der Waals surface area contributed by atoms with Gasteiger partial charge >= 0.3 is 0 Å². The molecule has 0 aliphatic heterocycles. The standard InChI is InChI=1S/C16H16N6O2/c17-14-20-15(18)22-16(21-14)19-11-6-3-5-10(13(11)24)8-9-4-1-2-7-12(9)23/h1-7,23-24H,8H2,(H5,17,18,19,20,21,22). The Morgan fingerprint density at radius 3 is 2.21 bits per heavy atom. The number of hydrogen-bond acceptors (Lipinski definition) is 8. The van der Waals surface area contributed by atoms with Gasteiger partial charge in [-0.3, -0.25) is 0 Å². The van der Waals surface area contributed by atoms with Crippen molar-refractivity contribution in [1.82, 2.24) is 15.0 Å². The summed E-state index contributed by atoms with van der Waals surface area (Å²) >= 11 is 0. The lowest BCUT2D eigenvalue weighted by molar-refractivity contribution is 0.464. The zero-order chi connectivity index (χ0) is 17.1. The average molecular weight is 324 g/mol. The van der Waals surface area contributed by atoms with E-state index in [-0.39, 0.29) is 29.3 Å². The largest absolute Gasteiger partial charge is 0.508 e. The maximum atomic E-state index is 10.5. The number of aromatic hydroxyl groups is 2. The van der Waals surface area contributed by atoms with Gasteiger partial charge in [-0.2, -0.15) is 15.0 Å². The lowest BCUT2D eigenvalue weighted by atomic mass is 10.0. The number of nitrogens with zero attached hydrogens (tertiary/aromatic N) is 3. The van der Waals surface area contributed by atoms with Crippen LogP contribution in [0.1, 0.15) is 11.1 Å². The maximum Gasteiger partial charge on any atom is 0.233 e. The number of aromatic nitrogens is 3. The number of nitrogens with two attached hydrogens (primary N) is 2. The summed E-state index contributed by atoms with van der Waals surface area (Å²) in [6, 6.07) is 12.2. The number of nitrogen functional groups attached to an aromatic ring is 2. The molecule has 0 saturated heterocycles. The Labute approximate surface area is 137 Å². The molecule has 8 nitrogen and oxygen atoms in total. The van der Waals surface area contributed by atoms with E-state index in [0.717, 1.165) is 0 Å². The van der Waals surface area contributed by atoms with Crippen molar-refractivity contribution in [1.29, 1.82) is 0 Å². The third-order valence-corrected chi connectivity index (χ3v) is 3.41. The Kier molecular flexibility index (Phi) is 4.02. The first-order chi connectivity index (χ1) is 11.5. The first-order valence-corrected chi connectivity index (χ1v) is 7.14. The van der Waals surface area contributed by atoms with Crippen molar-refractivity contribution in [3.63, 3.8) is 0 Å². The Hall–Kier alpha value is -3.55. The molecule has 0 spiro atoms. The van der Waals surface area contributed by atoms with Gasteiger partial charge in [0.15, 0.2) is 0 Å². The zero-order valence-electron chi connectivity index (χ0n) is 12.6. The van der Waals surface area contributed by atoms with Crippen LogP contribution in [0.4, 0.5) is 23.5 Å². The van der Waals surface area contributed by atoms with Gasteiger partial charge in [0.2, 0.25) is 17.8 Å². The Bertz CT molecular complexity index is 864. The summed E-state index contributed by atoms with van der Waals surface area (Å²) in [4.78, 5) is 11.5. The molecule has 0 atom stereocenters. The molecule has 2 aromatic carbocycles. The molecular formula is C16H16N6O2. The molecule has 1 aromatic heterocycles. The second-order valence-electron chi connectivity index (χ2n) is 5.12. The van der Waals surface area contributed by atoms with Gasteiger partial charge in [-0.25, -0.2) is 0 Å². The van der Waals surface area contributed by atoms with Crippen molar-refractivity contribution < 1.29 is 10.2 Å². The van der Waals surface area contributed by atoms with Gasteiger partial charge in [0.1, 0.15) is 11.5 Å². The summed E-state index contributed by atoms with van der Waals surface area (Å²) in [7, 11) is 0.